The van der Waals surface area contributed by atoms with Gasteiger partial charge in [0.2, 0.25) is 10.0 Å². The third-order valence-corrected chi connectivity index (χ3v) is 6.56. The molecular weight excluding hydrogens is 398 g/mol. The monoisotopic (exact) mass is 423 g/mol. The molecule has 0 aliphatic carbocycles. The highest BCUT2D eigenvalue weighted by Crippen LogP contribution is 2.21. The van der Waals surface area contributed by atoms with Crippen LogP contribution in [0.1, 0.15) is 34.0 Å². The Morgan fingerprint density at radius 1 is 0.900 bits per heavy atom. The summed E-state index contributed by atoms with van der Waals surface area (Å²) in [4.78, 5) is 11.2. The smallest absolute Gasteiger partial charge is 0.335 e. The lowest BCUT2D eigenvalue weighted by Gasteiger charge is -2.09. The first-order chi connectivity index (χ1) is 14.3. The van der Waals surface area contributed by atoms with Gasteiger partial charge in [-0.2, -0.15) is 0 Å². The fourth-order valence-corrected chi connectivity index (χ4v) is 4.27. The van der Waals surface area contributed by atoms with Crippen molar-refractivity contribution in [3.05, 3.63) is 89.0 Å². The molecule has 2 N–H and O–H groups in total. The van der Waals surface area contributed by atoms with Crippen molar-refractivity contribution in [3.8, 4) is 11.1 Å². The summed E-state index contributed by atoms with van der Waals surface area (Å²) in [5.41, 5.74) is 5.08. The zero-order valence-electron chi connectivity index (χ0n) is 17.1. The zero-order chi connectivity index (χ0) is 21.7. The summed E-state index contributed by atoms with van der Waals surface area (Å²) in [6, 6.07) is 20.6. The third kappa shape index (κ3) is 5.14. The summed E-state index contributed by atoms with van der Waals surface area (Å²) < 4.78 is 27.5. The number of aryl methyl sites for hydroxylation is 2. The molecule has 3 rings (SSSR count). The molecule has 0 aromatic heterocycles. The first-order valence-electron chi connectivity index (χ1n) is 9.82. The SMILES string of the molecule is CCc1ccc(-c2ccc(CCNS(=O)(=O)c3ccc(C)c(C(=O)O)c3)cc2)cc1. The fraction of sp³-hybridized carbons (Fsp3) is 0.208. The molecule has 0 atom stereocenters. The second-order valence-electron chi connectivity index (χ2n) is 7.18. The topological polar surface area (TPSA) is 83.5 Å². The van der Waals surface area contributed by atoms with Crippen molar-refractivity contribution < 1.29 is 18.3 Å². The standard InChI is InChI=1S/C24H25NO4S/c1-3-18-5-9-20(10-6-18)21-11-7-19(8-12-21)14-15-25-30(28,29)22-13-4-17(2)23(16-22)24(26)27/h4-13,16,25H,3,14-15H2,1-2H3,(H,26,27). The summed E-state index contributed by atoms with van der Waals surface area (Å²) in [5, 5.41) is 9.20. The lowest BCUT2D eigenvalue weighted by molar-refractivity contribution is 0.0696. The first-order valence-corrected chi connectivity index (χ1v) is 11.3. The minimum absolute atomic E-state index is 0.0135. The van der Waals surface area contributed by atoms with Crippen LogP contribution in [-0.2, 0) is 22.9 Å². The molecule has 0 radical (unpaired) electrons. The Labute approximate surface area is 177 Å². The number of aromatic carboxylic acids is 1. The summed E-state index contributed by atoms with van der Waals surface area (Å²) in [7, 11) is -3.77. The first kappa shape index (κ1) is 21.7. The molecule has 0 fully saturated rings. The van der Waals surface area contributed by atoms with Crippen molar-refractivity contribution in [2.24, 2.45) is 0 Å². The molecule has 0 amide bonds. The number of carboxylic acid groups (broad SMARTS) is 1. The van der Waals surface area contributed by atoms with Gasteiger partial charge >= 0.3 is 5.97 Å². The van der Waals surface area contributed by atoms with Crippen molar-refractivity contribution in [2.75, 3.05) is 6.54 Å². The van der Waals surface area contributed by atoms with E-state index < -0.39 is 16.0 Å². The van der Waals surface area contributed by atoms with E-state index in [2.05, 4.69) is 35.9 Å². The van der Waals surface area contributed by atoms with E-state index in [0.717, 1.165) is 23.1 Å². The number of carbonyl (C=O) groups is 1. The average molecular weight is 424 g/mol. The number of rotatable bonds is 8. The van der Waals surface area contributed by atoms with E-state index in [9.17, 15) is 18.3 Å². The predicted octanol–water partition coefficient (Wildman–Crippen LogP) is 4.44. The van der Waals surface area contributed by atoms with Crippen LogP contribution in [0.2, 0.25) is 0 Å². The van der Waals surface area contributed by atoms with Gasteiger partial charge in [-0.15, -0.1) is 0 Å². The predicted molar refractivity (Wildman–Crippen MR) is 118 cm³/mol. The largest absolute Gasteiger partial charge is 0.478 e. The normalized spacial score (nSPS) is 11.4. The molecule has 0 bridgehead atoms. The molecule has 156 valence electrons. The Hall–Kier alpha value is -2.96. The summed E-state index contributed by atoms with van der Waals surface area (Å²) >= 11 is 0. The minimum atomic E-state index is -3.77. The van der Waals surface area contributed by atoms with Gasteiger partial charge < -0.3 is 5.11 Å². The molecular formula is C24H25NO4S. The lowest BCUT2D eigenvalue weighted by atomic mass is 10.0. The Kier molecular flexibility index (Phi) is 6.70. The molecule has 0 aliphatic rings. The summed E-state index contributed by atoms with van der Waals surface area (Å²) in [6.45, 7) is 3.99. The number of carboxylic acids is 1. The number of hydrogen-bond acceptors (Lipinski definition) is 3. The number of nitrogens with one attached hydrogen (secondary N) is 1. The van der Waals surface area contributed by atoms with Gasteiger partial charge in [0.15, 0.2) is 0 Å². The van der Waals surface area contributed by atoms with Gasteiger partial charge in [0.25, 0.3) is 0 Å². The van der Waals surface area contributed by atoms with Crippen molar-refractivity contribution in [2.45, 2.75) is 31.6 Å². The molecule has 6 heteroatoms. The van der Waals surface area contributed by atoms with E-state index >= 15 is 0 Å². The number of hydrogen-bond donors (Lipinski definition) is 2. The molecule has 3 aromatic carbocycles. The van der Waals surface area contributed by atoms with E-state index in [-0.39, 0.29) is 17.0 Å². The Balaban J connectivity index is 1.63. The van der Waals surface area contributed by atoms with Crippen LogP contribution < -0.4 is 4.72 Å². The fourth-order valence-electron chi connectivity index (χ4n) is 3.21. The maximum atomic E-state index is 12.5. The highest BCUT2D eigenvalue weighted by atomic mass is 32.2. The molecule has 0 unspecified atom stereocenters. The van der Waals surface area contributed by atoms with Crippen LogP contribution in [0.4, 0.5) is 0 Å². The van der Waals surface area contributed by atoms with Crippen LogP contribution in [0.15, 0.2) is 71.6 Å². The molecule has 30 heavy (non-hydrogen) atoms. The van der Waals surface area contributed by atoms with E-state index in [1.165, 1.54) is 23.8 Å². The summed E-state index contributed by atoms with van der Waals surface area (Å²) in [6.07, 6.45) is 1.54. The second kappa shape index (κ2) is 9.24. The molecule has 3 aromatic rings. The van der Waals surface area contributed by atoms with Crippen LogP contribution in [-0.4, -0.2) is 26.0 Å². The van der Waals surface area contributed by atoms with E-state index in [4.69, 9.17) is 0 Å². The van der Waals surface area contributed by atoms with Crippen LogP contribution in [0.5, 0.6) is 0 Å². The van der Waals surface area contributed by atoms with E-state index in [1.54, 1.807) is 6.92 Å². The molecule has 0 aliphatic heterocycles. The third-order valence-electron chi connectivity index (χ3n) is 5.10. The van der Waals surface area contributed by atoms with Crippen LogP contribution in [0, 0.1) is 6.92 Å². The maximum absolute atomic E-state index is 12.5. The number of sulfonamides is 1. The van der Waals surface area contributed by atoms with Gasteiger partial charge in [-0.3, -0.25) is 0 Å². The highest BCUT2D eigenvalue weighted by Gasteiger charge is 2.17. The molecule has 0 spiro atoms. The lowest BCUT2D eigenvalue weighted by Crippen LogP contribution is -2.26. The van der Waals surface area contributed by atoms with Crippen molar-refractivity contribution in [3.63, 3.8) is 0 Å². The average Bonchev–Trinajstić information content (AvgIpc) is 2.74. The maximum Gasteiger partial charge on any atom is 0.335 e. The quantitative estimate of drug-likeness (QED) is 0.561. The summed E-state index contributed by atoms with van der Waals surface area (Å²) in [5.74, 6) is -1.14. The van der Waals surface area contributed by atoms with Crippen LogP contribution >= 0.6 is 0 Å². The van der Waals surface area contributed by atoms with Gasteiger partial charge in [-0.25, -0.2) is 17.9 Å². The molecule has 0 saturated carbocycles. The minimum Gasteiger partial charge on any atom is -0.478 e. The van der Waals surface area contributed by atoms with Crippen molar-refractivity contribution >= 4 is 16.0 Å². The highest BCUT2D eigenvalue weighted by molar-refractivity contribution is 7.89. The molecule has 0 heterocycles. The van der Waals surface area contributed by atoms with Gasteiger partial charge in [-0.1, -0.05) is 61.5 Å². The zero-order valence-corrected chi connectivity index (χ0v) is 17.9. The Bertz CT molecular complexity index is 1130. The molecule has 0 saturated heterocycles. The number of benzene rings is 3. The van der Waals surface area contributed by atoms with Crippen LogP contribution in [0.3, 0.4) is 0 Å². The Morgan fingerprint density at radius 3 is 2.00 bits per heavy atom. The van der Waals surface area contributed by atoms with Gasteiger partial charge in [0.05, 0.1) is 10.5 Å². The van der Waals surface area contributed by atoms with E-state index in [0.29, 0.717) is 12.0 Å². The van der Waals surface area contributed by atoms with Crippen molar-refractivity contribution in [1.29, 1.82) is 0 Å². The van der Waals surface area contributed by atoms with E-state index in [1.807, 2.05) is 24.3 Å². The molecule has 5 nitrogen and oxygen atoms in total. The van der Waals surface area contributed by atoms with Gasteiger partial charge in [-0.05, 0) is 59.7 Å². The van der Waals surface area contributed by atoms with Gasteiger partial charge in [0.1, 0.15) is 0 Å². The Morgan fingerprint density at radius 2 is 1.47 bits per heavy atom. The van der Waals surface area contributed by atoms with Crippen molar-refractivity contribution in [1.82, 2.24) is 4.72 Å². The second-order valence-corrected chi connectivity index (χ2v) is 8.94. The van der Waals surface area contributed by atoms with Crippen LogP contribution in [0.25, 0.3) is 11.1 Å². The van der Waals surface area contributed by atoms with Gasteiger partial charge in [0, 0.05) is 6.54 Å².